The van der Waals surface area contributed by atoms with Crippen LogP contribution in [-0.2, 0) is 0 Å². The fraction of sp³-hybridized carbons (Fsp3) is 0. The summed E-state index contributed by atoms with van der Waals surface area (Å²) < 4.78 is 0.810. The number of rotatable bonds is 3. The van der Waals surface area contributed by atoms with Crippen molar-refractivity contribution in [3.63, 3.8) is 0 Å². The van der Waals surface area contributed by atoms with Gasteiger partial charge in [0.15, 0.2) is 5.13 Å². The van der Waals surface area contributed by atoms with Gasteiger partial charge >= 0.3 is 5.97 Å². The van der Waals surface area contributed by atoms with Gasteiger partial charge in [-0.15, -0.1) is 11.3 Å². The van der Waals surface area contributed by atoms with E-state index in [0.29, 0.717) is 10.0 Å². The Labute approximate surface area is 112 Å². The first-order valence-corrected chi connectivity index (χ1v) is 6.74. The van der Waals surface area contributed by atoms with Crippen LogP contribution in [0.1, 0.15) is 19.3 Å². The Morgan fingerprint density at radius 3 is 2.53 bits per heavy atom. The van der Waals surface area contributed by atoms with Gasteiger partial charge in [-0.1, -0.05) is 11.3 Å². The Morgan fingerprint density at radius 1 is 1.29 bits per heavy atom. The first-order chi connectivity index (χ1) is 8.06. The van der Waals surface area contributed by atoms with Crippen molar-refractivity contribution >= 4 is 55.6 Å². The zero-order chi connectivity index (χ0) is 12.4. The van der Waals surface area contributed by atoms with E-state index in [1.54, 1.807) is 6.20 Å². The van der Waals surface area contributed by atoms with Gasteiger partial charge in [-0.3, -0.25) is 10.1 Å². The maximum Gasteiger partial charge on any atom is 0.345 e. The number of anilines is 1. The summed E-state index contributed by atoms with van der Waals surface area (Å²) in [6.07, 6.45) is 1.58. The quantitative estimate of drug-likeness (QED) is 0.905. The van der Waals surface area contributed by atoms with E-state index < -0.39 is 5.97 Å². The highest BCUT2D eigenvalue weighted by molar-refractivity contribution is 9.11. The molecule has 2 N–H and O–H groups in total. The van der Waals surface area contributed by atoms with Gasteiger partial charge in [0, 0.05) is 0 Å². The van der Waals surface area contributed by atoms with Crippen molar-refractivity contribution in [2.45, 2.75) is 0 Å². The lowest BCUT2D eigenvalue weighted by Gasteiger charge is -1.96. The summed E-state index contributed by atoms with van der Waals surface area (Å²) in [4.78, 5) is 26.8. The molecule has 88 valence electrons. The molecular formula is C9H5BrN2O3S2. The van der Waals surface area contributed by atoms with Gasteiger partial charge in [0.2, 0.25) is 0 Å². The molecule has 0 aromatic carbocycles. The van der Waals surface area contributed by atoms with Crippen molar-refractivity contribution < 1.29 is 14.7 Å². The molecular weight excluding hydrogens is 328 g/mol. The molecule has 0 spiro atoms. The average molecular weight is 333 g/mol. The standard InChI is InChI=1S/C9H5BrN2O3S2/c10-6-3-11-9(17-6)12-7(13)4-1-2-5(16-4)8(14)15/h1-3H,(H,14,15)(H,11,12,13). The van der Waals surface area contributed by atoms with Crippen LogP contribution < -0.4 is 5.32 Å². The fourth-order valence-corrected chi connectivity index (χ4v) is 2.89. The molecule has 1 amide bonds. The molecule has 0 bridgehead atoms. The number of carboxylic acid groups (broad SMARTS) is 1. The Morgan fingerprint density at radius 2 is 2.00 bits per heavy atom. The molecule has 0 aliphatic carbocycles. The van der Waals surface area contributed by atoms with E-state index in [1.165, 1.54) is 23.5 Å². The molecule has 2 aromatic heterocycles. The number of hydrogen-bond donors (Lipinski definition) is 2. The molecule has 2 rings (SSSR count). The summed E-state index contributed by atoms with van der Waals surface area (Å²) in [5.41, 5.74) is 0. The minimum absolute atomic E-state index is 0.135. The third-order valence-corrected chi connectivity index (χ3v) is 4.20. The molecule has 5 nitrogen and oxygen atoms in total. The first kappa shape index (κ1) is 12.2. The van der Waals surface area contributed by atoms with Crippen LogP contribution in [-0.4, -0.2) is 22.0 Å². The van der Waals surface area contributed by atoms with Crippen molar-refractivity contribution in [2.24, 2.45) is 0 Å². The SMILES string of the molecule is O=C(O)c1ccc(C(=O)Nc2ncc(Br)s2)s1. The Hall–Kier alpha value is -1.25. The van der Waals surface area contributed by atoms with Crippen molar-refractivity contribution in [3.05, 3.63) is 31.9 Å². The smallest absolute Gasteiger partial charge is 0.345 e. The van der Waals surface area contributed by atoms with Gasteiger partial charge < -0.3 is 5.11 Å². The molecule has 0 unspecified atom stereocenters. The summed E-state index contributed by atoms with van der Waals surface area (Å²) >= 11 is 5.45. The summed E-state index contributed by atoms with van der Waals surface area (Å²) in [6, 6.07) is 2.88. The van der Waals surface area contributed by atoms with Crippen LogP contribution in [0.3, 0.4) is 0 Å². The first-order valence-electron chi connectivity index (χ1n) is 4.32. The molecule has 17 heavy (non-hydrogen) atoms. The van der Waals surface area contributed by atoms with Crippen LogP contribution in [0.25, 0.3) is 0 Å². The zero-order valence-electron chi connectivity index (χ0n) is 8.14. The second-order valence-electron chi connectivity index (χ2n) is 2.89. The van der Waals surface area contributed by atoms with E-state index in [-0.39, 0.29) is 10.8 Å². The Kier molecular flexibility index (Phi) is 3.55. The van der Waals surface area contributed by atoms with Gasteiger partial charge in [-0.25, -0.2) is 9.78 Å². The van der Waals surface area contributed by atoms with E-state index in [9.17, 15) is 9.59 Å². The highest BCUT2D eigenvalue weighted by atomic mass is 79.9. The molecule has 2 heterocycles. The number of halogens is 1. The van der Waals surface area contributed by atoms with Gasteiger partial charge in [-0.05, 0) is 28.1 Å². The van der Waals surface area contributed by atoms with Crippen molar-refractivity contribution in [2.75, 3.05) is 5.32 Å². The molecule has 0 radical (unpaired) electrons. The lowest BCUT2D eigenvalue weighted by molar-refractivity contribution is 0.0702. The molecule has 0 atom stereocenters. The highest BCUT2D eigenvalue weighted by Crippen LogP contribution is 2.24. The van der Waals surface area contributed by atoms with Crippen LogP contribution in [0, 0.1) is 0 Å². The number of aromatic nitrogens is 1. The summed E-state index contributed by atoms with van der Waals surface area (Å²) in [5, 5.41) is 11.8. The summed E-state index contributed by atoms with van der Waals surface area (Å²) in [6.45, 7) is 0. The molecule has 0 aliphatic rings. The summed E-state index contributed by atoms with van der Waals surface area (Å²) in [7, 11) is 0. The predicted molar refractivity (Wildman–Crippen MR) is 69.0 cm³/mol. The number of carbonyl (C=O) groups excluding carboxylic acids is 1. The van der Waals surface area contributed by atoms with Gasteiger partial charge in [-0.2, -0.15) is 0 Å². The number of hydrogen-bond acceptors (Lipinski definition) is 5. The number of amides is 1. The highest BCUT2D eigenvalue weighted by Gasteiger charge is 2.14. The Balaban J connectivity index is 2.11. The number of thiophene rings is 1. The van der Waals surface area contributed by atoms with Crippen LogP contribution in [0.2, 0.25) is 0 Å². The number of carboxylic acids is 1. The minimum atomic E-state index is -1.04. The largest absolute Gasteiger partial charge is 0.477 e. The third kappa shape index (κ3) is 2.90. The van der Waals surface area contributed by atoms with Crippen molar-refractivity contribution in [1.29, 1.82) is 0 Å². The van der Waals surface area contributed by atoms with Crippen LogP contribution in [0.5, 0.6) is 0 Å². The zero-order valence-corrected chi connectivity index (χ0v) is 11.4. The average Bonchev–Trinajstić information content (AvgIpc) is 2.86. The molecule has 2 aromatic rings. The molecule has 8 heteroatoms. The lowest BCUT2D eigenvalue weighted by Crippen LogP contribution is -2.09. The molecule has 0 saturated heterocycles. The van der Waals surface area contributed by atoms with E-state index in [1.807, 2.05) is 0 Å². The van der Waals surface area contributed by atoms with Gasteiger partial charge in [0.05, 0.1) is 14.9 Å². The van der Waals surface area contributed by atoms with E-state index in [2.05, 4.69) is 26.2 Å². The molecule has 0 saturated carbocycles. The topological polar surface area (TPSA) is 79.3 Å². The normalized spacial score (nSPS) is 10.2. The number of nitrogens with one attached hydrogen (secondary N) is 1. The second kappa shape index (κ2) is 4.94. The Bertz CT molecular complexity index is 578. The number of carbonyl (C=O) groups is 2. The summed E-state index contributed by atoms with van der Waals surface area (Å²) in [5.74, 6) is -1.39. The van der Waals surface area contributed by atoms with Crippen molar-refractivity contribution in [3.8, 4) is 0 Å². The maximum atomic E-state index is 11.7. The van der Waals surface area contributed by atoms with E-state index in [0.717, 1.165) is 15.1 Å². The number of thiazole rings is 1. The lowest BCUT2D eigenvalue weighted by atomic mass is 10.4. The molecule has 0 fully saturated rings. The van der Waals surface area contributed by atoms with Crippen LogP contribution in [0.15, 0.2) is 22.1 Å². The number of aromatic carboxylic acids is 1. The predicted octanol–water partition coefficient (Wildman–Crippen LogP) is 2.92. The van der Waals surface area contributed by atoms with Crippen LogP contribution in [0.4, 0.5) is 5.13 Å². The number of nitrogens with zero attached hydrogens (tertiary/aromatic N) is 1. The van der Waals surface area contributed by atoms with Gasteiger partial charge in [0.25, 0.3) is 5.91 Å². The third-order valence-electron chi connectivity index (χ3n) is 1.74. The molecule has 0 aliphatic heterocycles. The fourth-order valence-electron chi connectivity index (χ4n) is 1.05. The van der Waals surface area contributed by atoms with Gasteiger partial charge in [0.1, 0.15) is 4.88 Å². The minimum Gasteiger partial charge on any atom is -0.477 e. The monoisotopic (exact) mass is 332 g/mol. The second-order valence-corrected chi connectivity index (χ2v) is 6.39. The van der Waals surface area contributed by atoms with E-state index >= 15 is 0 Å². The maximum absolute atomic E-state index is 11.7. The van der Waals surface area contributed by atoms with E-state index in [4.69, 9.17) is 5.11 Å². The van der Waals surface area contributed by atoms with Crippen LogP contribution >= 0.6 is 38.6 Å². The van der Waals surface area contributed by atoms with Crippen molar-refractivity contribution in [1.82, 2.24) is 4.98 Å².